The molecule has 0 amide bonds. The van der Waals surface area contributed by atoms with Crippen LogP contribution in [0.5, 0.6) is 0 Å². The van der Waals surface area contributed by atoms with Gasteiger partial charge in [0.25, 0.3) is 0 Å². The van der Waals surface area contributed by atoms with Crippen LogP contribution in [0.25, 0.3) is 0 Å². The van der Waals surface area contributed by atoms with E-state index in [-0.39, 0.29) is 36.3 Å². The number of hydrogen-bond acceptors (Lipinski definition) is 6. The molecule has 0 aliphatic carbocycles. The van der Waals surface area contributed by atoms with E-state index in [1.807, 2.05) is 18.7 Å². The summed E-state index contributed by atoms with van der Waals surface area (Å²) in [6, 6.07) is 3.26. The van der Waals surface area contributed by atoms with Crippen LogP contribution in [0, 0.1) is 0 Å². The van der Waals surface area contributed by atoms with Gasteiger partial charge in [-0.15, -0.1) is 35.3 Å². The van der Waals surface area contributed by atoms with Crippen LogP contribution in [0.3, 0.4) is 0 Å². The average Bonchev–Trinajstić information content (AvgIpc) is 3.14. The Morgan fingerprint density at radius 3 is 2.88 bits per heavy atom. The standard InChI is InChI=1S/C16H27N3O3S3.HI/c1-3-14-11-19(7-9-23-14)16(17-4-2)18-10-13(20)12-25(21,22)15-6-5-8-24-15;/h5-6,8,13-14,20H,3-4,7,9-12H2,1-2H3,(H,17,18);1H. The maximum atomic E-state index is 12.2. The van der Waals surface area contributed by atoms with Crippen molar-refractivity contribution in [2.75, 3.05) is 37.7 Å². The monoisotopic (exact) mass is 533 g/mol. The Morgan fingerprint density at radius 1 is 1.50 bits per heavy atom. The largest absolute Gasteiger partial charge is 0.390 e. The van der Waals surface area contributed by atoms with Crippen LogP contribution in [0.15, 0.2) is 26.7 Å². The van der Waals surface area contributed by atoms with E-state index in [1.165, 1.54) is 11.3 Å². The van der Waals surface area contributed by atoms with Crippen molar-refractivity contribution in [2.24, 2.45) is 4.99 Å². The highest BCUT2D eigenvalue weighted by Crippen LogP contribution is 2.21. The van der Waals surface area contributed by atoms with Crippen molar-refractivity contribution in [1.29, 1.82) is 0 Å². The zero-order chi connectivity index (χ0) is 18.3. The zero-order valence-electron chi connectivity index (χ0n) is 15.1. The molecule has 1 fully saturated rings. The third-order valence-corrected chi connectivity index (χ3v) is 8.55. The number of guanidine groups is 1. The van der Waals surface area contributed by atoms with Gasteiger partial charge in [0.2, 0.25) is 0 Å². The van der Waals surface area contributed by atoms with Gasteiger partial charge >= 0.3 is 0 Å². The molecule has 0 bridgehead atoms. The summed E-state index contributed by atoms with van der Waals surface area (Å²) < 4.78 is 24.8. The number of sulfone groups is 1. The van der Waals surface area contributed by atoms with Gasteiger partial charge < -0.3 is 15.3 Å². The lowest BCUT2D eigenvalue weighted by molar-refractivity contribution is 0.205. The summed E-state index contributed by atoms with van der Waals surface area (Å²) >= 11 is 3.15. The van der Waals surface area contributed by atoms with E-state index in [1.54, 1.807) is 17.5 Å². The summed E-state index contributed by atoms with van der Waals surface area (Å²) in [5, 5.41) is 15.7. The number of nitrogens with one attached hydrogen (secondary N) is 1. The summed E-state index contributed by atoms with van der Waals surface area (Å²) in [5.41, 5.74) is 0. The number of halogens is 1. The van der Waals surface area contributed by atoms with Crippen molar-refractivity contribution in [3.8, 4) is 0 Å². The van der Waals surface area contributed by atoms with Crippen molar-refractivity contribution >= 4 is 62.9 Å². The number of rotatable bonds is 7. The third-order valence-electron chi connectivity index (χ3n) is 3.89. The molecule has 0 aromatic carbocycles. The van der Waals surface area contributed by atoms with Crippen LogP contribution in [-0.4, -0.2) is 73.4 Å². The van der Waals surface area contributed by atoms with Crippen molar-refractivity contribution < 1.29 is 13.5 Å². The Labute approximate surface area is 181 Å². The average molecular weight is 534 g/mol. The Balaban J connectivity index is 0.00000338. The summed E-state index contributed by atoms with van der Waals surface area (Å²) in [4.78, 5) is 6.69. The first-order valence-corrected chi connectivity index (χ1v) is 12.1. The smallest absolute Gasteiger partial charge is 0.194 e. The van der Waals surface area contributed by atoms with E-state index in [0.717, 1.165) is 37.8 Å². The fourth-order valence-corrected chi connectivity index (χ4v) is 6.25. The quantitative estimate of drug-likeness (QED) is 0.318. The molecule has 1 aliphatic heterocycles. The van der Waals surface area contributed by atoms with Crippen LogP contribution >= 0.6 is 47.1 Å². The highest BCUT2D eigenvalue weighted by Gasteiger charge is 2.23. The van der Waals surface area contributed by atoms with Crippen LogP contribution in [0.2, 0.25) is 0 Å². The Morgan fingerprint density at radius 2 is 2.27 bits per heavy atom. The zero-order valence-corrected chi connectivity index (χ0v) is 19.9. The molecule has 26 heavy (non-hydrogen) atoms. The number of aliphatic hydroxyl groups is 1. The first-order chi connectivity index (χ1) is 12.0. The molecule has 2 atom stereocenters. The van der Waals surface area contributed by atoms with Crippen LogP contribution < -0.4 is 5.32 Å². The summed E-state index contributed by atoms with van der Waals surface area (Å²) in [6.45, 7) is 6.84. The van der Waals surface area contributed by atoms with Gasteiger partial charge in [-0.25, -0.2) is 8.42 Å². The predicted octanol–water partition coefficient (Wildman–Crippen LogP) is 2.29. The van der Waals surface area contributed by atoms with E-state index in [2.05, 4.69) is 22.1 Å². The number of hydrogen-bond donors (Lipinski definition) is 2. The minimum absolute atomic E-state index is 0. The number of aliphatic hydroxyl groups excluding tert-OH is 1. The molecule has 2 heterocycles. The van der Waals surface area contributed by atoms with Gasteiger partial charge in [-0.05, 0) is 24.8 Å². The molecule has 0 spiro atoms. The molecule has 10 heteroatoms. The lowest BCUT2D eigenvalue weighted by atomic mass is 10.3. The summed E-state index contributed by atoms with van der Waals surface area (Å²) in [5.74, 6) is 1.51. The summed E-state index contributed by atoms with van der Waals surface area (Å²) in [7, 11) is -3.45. The minimum Gasteiger partial charge on any atom is -0.390 e. The van der Waals surface area contributed by atoms with Crippen molar-refractivity contribution in [1.82, 2.24) is 10.2 Å². The molecule has 1 aromatic rings. The molecule has 1 aromatic heterocycles. The number of thiophene rings is 1. The molecule has 1 aliphatic rings. The Kier molecular flexibility index (Phi) is 10.8. The molecule has 1 saturated heterocycles. The number of nitrogens with zero attached hydrogens (tertiary/aromatic N) is 2. The van der Waals surface area contributed by atoms with Crippen molar-refractivity contribution in [2.45, 2.75) is 35.8 Å². The molecule has 2 N–H and O–H groups in total. The maximum absolute atomic E-state index is 12.2. The SMILES string of the molecule is CCNC(=NCC(O)CS(=O)(=O)c1cccs1)N1CCSC(CC)C1.I. The van der Waals surface area contributed by atoms with E-state index >= 15 is 0 Å². The second kappa shape index (κ2) is 11.7. The fourth-order valence-electron chi connectivity index (χ4n) is 2.60. The van der Waals surface area contributed by atoms with Crippen molar-refractivity contribution in [3.63, 3.8) is 0 Å². The Hall–Kier alpha value is -0.0400. The molecular formula is C16H28IN3O3S3. The topological polar surface area (TPSA) is 82.0 Å². The van der Waals surface area contributed by atoms with E-state index in [4.69, 9.17) is 0 Å². The maximum Gasteiger partial charge on any atom is 0.194 e. The fraction of sp³-hybridized carbons (Fsp3) is 0.688. The number of thioether (sulfide) groups is 1. The second-order valence-electron chi connectivity index (χ2n) is 5.91. The van der Waals surface area contributed by atoms with Gasteiger partial charge in [0.05, 0.1) is 18.4 Å². The molecule has 2 unspecified atom stereocenters. The molecule has 2 rings (SSSR count). The van der Waals surface area contributed by atoms with Gasteiger partial charge in [-0.1, -0.05) is 13.0 Å². The lowest BCUT2D eigenvalue weighted by Crippen LogP contribution is -2.48. The van der Waals surface area contributed by atoms with Gasteiger partial charge in [0.1, 0.15) is 4.21 Å². The van der Waals surface area contributed by atoms with Crippen LogP contribution in [-0.2, 0) is 9.84 Å². The summed E-state index contributed by atoms with van der Waals surface area (Å²) in [6.07, 6.45) is 0.101. The minimum atomic E-state index is -3.45. The first kappa shape index (κ1) is 24.0. The highest BCUT2D eigenvalue weighted by atomic mass is 127. The van der Waals surface area contributed by atoms with Crippen LogP contribution in [0.1, 0.15) is 20.3 Å². The molecule has 6 nitrogen and oxygen atoms in total. The van der Waals surface area contributed by atoms with Gasteiger partial charge in [-0.3, -0.25) is 4.99 Å². The second-order valence-corrected chi connectivity index (χ2v) is 10.5. The van der Waals surface area contributed by atoms with Crippen molar-refractivity contribution in [3.05, 3.63) is 17.5 Å². The normalized spacial score (nSPS) is 19.7. The third kappa shape index (κ3) is 7.17. The lowest BCUT2D eigenvalue weighted by Gasteiger charge is -2.34. The molecule has 150 valence electrons. The van der Waals surface area contributed by atoms with Gasteiger partial charge in [-0.2, -0.15) is 11.8 Å². The molecule has 0 radical (unpaired) electrons. The van der Waals surface area contributed by atoms with Gasteiger partial charge in [0.15, 0.2) is 15.8 Å². The first-order valence-electron chi connectivity index (χ1n) is 8.55. The Bertz CT molecular complexity index is 653. The van der Waals surface area contributed by atoms with E-state index in [0.29, 0.717) is 9.46 Å². The number of aliphatic imine (C=N–C) groups is 1. The highest BCUT2D eigenvalue weighted by molar-refractivity contribution is 14.0. The van der Waals surface area contributed by atoms with Gasteiger partial charge in [0, 0.05) is 30.6 Å². The van der Waals surface area contributed by atoms with E-state index in [9.17, 15) is 13.5 Å². The predicted molar refractivity (Wildman–Crippen MR) is 122 cm³/mol. The molecular weight excluding hydrogens is 505 g/mol. The molecule has 0 saturated carbocycles. The van der Waals surface area contributed by atoms with Crippen LogP contribution in [0.4, 0.5) is 0 Å². The van der Waals surface area contributed by atoms with E-state index < -0.39 is 15.9 Å².